The SMILES string of the molecule is CC(O)(CC(O)CN1C[C@@H](CN)[C@H](c2ccccc2)C1)C1CC1. The Balaban J connectivity index is 1.57. The molecule has 0 bridgehead atoms. The predicted octanol–water partition coefficient (Wildman–Crippen LogP) is 1.57. The normalized spacial score (nSPS) is 29.4. The molecule has 0 radical (unpaired) electrons. The summed E-state index contributed by atoms with van der Waals surface area (Å²) in [4.78, 5) is 2.31. The van der Waals surface area contributed by atoms with E-state index < -0.39 is 11.7 Å². The van der Waals surface area contributed by atoms with Gasteiger partial charge >= 0.3 is 0 Å². The minimum Gasteiger partial charge on any atom is -0.392 e. The highest BCUT2D eigenvalue weighted by Gasteiger charge is 2.42. The van der Waals surface area contributed by atoms with E-state index in [0.29, 0.717) is 37.3 Å². The number of hydrogen-bond donors (Lipinski definition) is 3. The van der Waals surface area contributed by atoms with Crippen molar-refractivity contribution in [2.24, 2.45) is 17.6 Å². The summed E-state index contributed by atoms with van der Waals surface area (Å²) in [6, 6.07) is 10.5. The topological polar surface area (TPSA) is 69.7 Å². The third-order valence-electron chi connectivity index (χ3n) is 5.62. The van der Waals surface area contributed by atoms with Crippen LogP contribution in [0.15, 0.2) is 30.3 Å². The van der Waals surface area contributed by atoms with Gasteiger partial charge in [-0.2, -0.15) is 0 Å². The number of aliphatic hydroxyl groups excluding tert-OH is 1. The fourth-order valence-corrected chi connectivity index (χ4v) is 4.14. The number of hydrogen-bond acceptors (Lipinski definition) is 4. The van der Waals surface area contributed by atoms with E-state index in [0.717, 1.165) is 25.9 Å². The van der Waals surface area contributed by atoms with Crippen LogP contribution in [0.3, 0.4) is 0 Å². The lowest BCUT2D eigenvalue weighted by molar-refractivity contribution is -0.0209. The number of nitrogens with two attached hydrogens (primary N) is 1. The van der Waals surface area contributed by atoms with Crippen molar-refractivity contribution in [2.45, 2.75) is 43.8 Å². The molecule has 4 nitrogen and oxygen atoms in total. The van der Waals surface area contributed by atoms with Crippen molar-refractivity contribution in [2.75, 3.05) is 26.2 Å². The van der Waals surface area contributed by atoms with E-state index in [-0.39, 0.29) is 0 Å². The lowest BCUT2D eigenvalue weighted by Crippen LogP contribution is -2.38. The molecule has 4 atom stereocenters. The molecule has 1 aromatic rings. The van der Waals surface area contributed by atoms with E-state index >= 15 is 0 Å². The number of β-amino-alcohol motifs (C(OH)–C–C–N with tert-alkyl or cyclic N) is 1. The first kappa shape index (κ1) is 16.9. The third kappa shape index (κ3) is 4.13. The summed E-state index contributed by atoms with van der Waals surface area (Å²) in [7, 11) is 0. The summed E-state index contributed by atoms with van der Waals surface area (Å²) in [5.41, 5.74) is 6.60. The van der Waals surface area contributed by atoms with Gasteiger partial charge in [0.2, 0.25) is 0 Å². The largest absolute Gasteiger partial charge is 0.392 e. The van der Waals surface area contributed by atoms with Crippen LogP contribution < -0.4 is 5.73 Å². The zero-order chi connectivity index (χ0) is 16.4. The number of aliphatic hydroxyl groups is 2. The fourth-order valence-electron chi connectivity index (χ4n) is 4.14. The Hall–Kier alpha value is -0.940. The fraction of sp³-hybridized carbons (Fsp3) is 0.684. The van der Waals surface area contributed by atoms with Gasteiger partial charge in [0, 0.05) is 32.0 Å². The van der Waals surface area contributed by atoms with Crippen LogP contribution in [0.5, 0.6) is 0 Å². The van der Waals surface area contributed by atoms with Gasteiger partial charge in [-0.1, -0.05) is 30.3 Å². The Morgan fingerprint density at radius 3 is 2.57 bits per heavy atom. The van der Waals surface area contributed by atoms with Crippen LogP contribution in [0.4, 0.5) is 0 Å². The van der Waals surface area contributed by atoms with Gasteiger partial charge in [0.25, 0.3) is 0 Å². The molecule has 0 aromatic heterocycles. The number of rotatable bonds is 7. The molecule has 1 aromatic carbocycles. The van der Waals surface area contributed by atoms with Crippen molar-refractivity contribution in [1.29, 1.82) is 0 Å². The molecule has 3 rings (SSSR count). The minimum absolute atomic E-state index is 0.379. The van der Waals surface area contributed by atoms with Crippen molar-refractivity contribution >= 4 is 0 Å². The van der Waals surface area contributed by atoms with Crippen molar-refractivity contribution in [1.82, 2.24) is 4.90 Å². The van der Waals surface area contributed by atoms with Crippen LogP contribution >= 0.6 is 0 Å². The van der Waals surface area contributed by atoms with Gasteiger partial charge in [0.15, 0.2) is 0 Å². The highest BCUT2D eigenvalue weighted by Crippen LogP contribution is 2.42. The first-order valence-electron chi connectivity index (χ1n) is 8.87. The average molecular weight is 318 g/mol. The molecule has 2 fully saturated rings. The Labute approximate surface area is 139 Å². The van der Waals surface area contributed by atoms with Crippen LogP contribution in [0.25, 0.3) is 0 Å². The van der Waals surface area contributed by atoms with E-state index in [1.165, 1.54) is 5.56 Å². The molecule has 1 aliphatic heterocycles. The minimum atomic E-state index is -0.717. The zero-order valence-electron chi connectivity index (χ0n) is 14.1. The third-order valence-corrected chi connectivity index (χ3v) is 5.62. The van der Waals surface area contributed by atoms with E-state index in [1.807, 2.05) is 13.0 Å². The van der Waals surface area contributed by atoms with Crippen LogP contribution in [-0.4, -0.2) is 53.0 Å². The molecule has 1 saturated carbocycles. The summed E-state index contributed by atoms with van der Waals surface area (Å²) in [6.45, 7) is 5.04. The maximum Gasteiger partial charge on any atom is 0.0694 e. The molecule has 2 aliphatic rings. The summed E-state index contributed by atoms with van der Waals surface area (Å²) >= 11 is 0. The lowest BCUT2D eigenvalue weighted by atomic mass is 9.89. The molecule has 1 heterocycles. The summed E-state index contributed by atoms with van der Waals surface area (Å²) in [6.07, 6.45) is 2.18. The van der Waals surface area contributed by atoms with Gasteiger partial charge in [0.1, 0.15) is 0 Å². The van der Waals surface area contributed by atoms with Gasteiger partial charge in [-0.15, -0.1) is 0 Å². The molecule has 0 spiro atoms. The summed E-state index contributed by atoms with van der Waals surface area (Å²) < 4.78 is 0. The second-order valence-electron chi connectivity index (χ2n) is 7.72. The molecule has 2 unspecified atom stereocenters. The van der Waals surface area contributed by atoms with Gasteiger partial charge < -0.3 is 15.9 Å². The molecule has 4 heteroatoms. The van der Waals surface area contributed by atoms with Crippen molar-refractivity contribution < 1.29 is 10.2 Å². The van der Waals surface area contributed by atoms with Crippen LogP contribution in [0, 0.1) is 11.8 Å². The Kier molecular flexibility index (Phi) is 5.07. The highest BCUT2D eigenvalue weighted by atomic mass is 16.3. The number of nitrogens with zero attached hydrogens (tertiary/aromatic N) is 1. The lowest BCUT2D eigenvalue weighted by Gasteiger charge is -2.28. The zero-order valence-corrected chi connectivity index (χ0v) is 14.1. The Morgan fingerprint density at radius 2 is 1.96 bits per heavy atom. The first-order valence-corrected chi connectivity index (χ1v) is 8.87. The Bertz CT molecular complexity index is 501. The summed E-state index contributed by atoms with van der Waals surface area (Å²) in [5.74, 6) is 1.26. The molecular weight excluding hydrogens is 288 g/mol. The average Bonchev–Trinajstić information content (AvgIpc) is 3.30. The predicted molar refractivity (Wildman–Crippen MR) is 92.1 cm³/mol. The molecule has 0 amide bonds. The van der Waals surface area contributed by atoms with Crippen molar-refractivity contribution in [3.63, 3.8) is 0 Å². The number of likely N-dealkylation sites (tertiary alicyclic amines) is 1. The standard InChI is InChI=1S/C19H30N2O2/c1-19(23,16-7-8-16)9-17(22)12-21-11-15(10-20)18(13-21)14-5-3-2-4-6-14/h2-6,15-18,22-23H,7-13,20H2,1H3/t15-,17?,18+,19?/m1/s1. The van der Waals surface area contributed by atoms with E-state index in [4.69, 9.17) is 5.73 Å². The van der Waals surface area contributed by atoms with Crippen molar-refractivity contribution in [3.05, 3.63) is 35.9 Å². The first-order chi connectivity index (χ1) is 11.0. The molecule has 128 valence electrons. The van der Waals surface area contributed by atoms with Gasteiger partial charge in [0.05, 0.1) is 11.7 Å². The van der Waals surface area contributed by atoms with E-state index in [1.54, 1.807) is 0 Å². The van der Waals surface area contributed by atoms with Gasteiger partial charge in [-0.3, -0.25) is 4.90 Å². The van der Waals surface area contributed by atoms with Crippen LogP contribution in [0.1, 0.15) is 37.7 Å². The monoisotopic (exact) mass is 318 g/mol. The second-order valence-corrected chi connectivity index (χ2v) is 7.72. The second kappa shape index (κ2) is 6.89. The number of benzene rings is 1. The molecule has 1 aliphatic carbocycles. The molecule has 1 saturated heterocycles. The van der Waals surface area contributed by atoms with Gasteiger partial charge in [-0.25, -0.2) is 0 Å². The van der Waals surface area contributed by atoms with Gasteiger partial charge in [-0.05, 0) is 43.7 Å². The van der Waals surface area contributed by atoms with E-state index in [2.05, 4.69) is 29.2 Å². The molecule has 23 heavy (non-hydrogen) atoms. The Morgan fingerprint density at radius 1 is 1.26 bits per heavy atom. The maximum absolute atomic E-state index is 10.4. The van der Waals surface area contributed by atoms with Crippen LogP contribution in [0.2, 0.25) is 0 Å². The van der Waals surface area contributed by atoms with Crippen molar-refractivity contribution in [3.8, 4) is 0 Å². The van der Waals surface area contributed by atoms with Crippen LogP contribution in [-0.2, 0) is 0 Å². The molecule has 4 N–H and O–H groups in total. The quantitative estimate of drug-likeness (QED) is 0.714. The molecular formula is C19H30N2O2. The summed E-state index contributed by atoms with van der Waals surface area (Å²) in [5, 5.41) is 20.8. The highest BCUT2D eigenvalue weighted by molar-refractivity contribution is 5.22. The smallest absolute Gasteiger partial charge is 0.0694 e. The maximum atomic E-state index is 10.4. The van der Waals surface area contributed by atoms with E-state index in [9.17, 15) is 10.2 Å².